The van der Waals surface area contributed by atoms with Gasteiger partial charge >= 0.3 is 17.9 Å². The van der Waals surface area contributed by atoms with Gasteiger partial charge in [0.15, 0.2) is 24.2 Å². The van der Waals surface area contributed by atoms with Crippen LogP contribution in [-0.2, 0) is 27.3 Å². The number of hydrogen-bond acceptors (Lipinski definition) is 8. The Labute approximate surface area is 209 Å². The third-order valence-corrected chi connectivity index (χ3v) is 5.23. The van der Waals surface area contributed by atoms with E-state index in [-0.39, 0.29) is 24.5 Å². The summed E-state index contributed by atoms with van der Waals surface area (Å²) in [7, 11) is 0. The van der Waals surface area contributed by atoms with Crippen LogP contribution in [0.25, 0.3) is 11.1 Å². The van der Waals surface area contributed by atoms with Crippen LogP contribution in [-0.4, -0.2) is 34.9 Å². The molecule has 192 valence electrons. The normalized spacial score (nSPS) is 13.0. The number of esters is 1. The first-order chi connectivity index (χ1) is 17.0. The van der Waals surface area contributed by atoms with Crippen LogP contribution in [0.15, 0.2) is 68.2 Å². The Morgan fingerprint density at radius 2 is 1.64 bits per heavy atom. The van der Waals surface area contributed by atoms with Crippen molar-refractivity contribution in [1.82, 2.24) is 5.32 Å². The zero-order valence-electron chi connectivity index (χ0n) is 20.8. The second-order valence-electron chi connectivity index (χ2n) is 9.40. The molecule has 1 amide bonds. The molecule has 2 aromatic carbocycles. The van der Waals surface area contributed by atoms with Gasteiger partial charge in [-0.15, -0.1) is 0 Å². The van der Waals surface area contributed by atoms with Crippen LogP contribution in [0.3, 0.4) is 0 Å². The fraction of sp³-hybridized carbons (Fsp3) is 0.370. The van der Waals surface area contributed by atoms with E-state index in [9.17, 15) is 19.5 Å². The Hall–Kier alpha value is -3.85. The zero-order chi connectivity index (χ0) is 26.3. The Kier molecular flexibility index (Phi) is 8.71. The predicted octanol–water partition coefficient (Wildman–Crippen LogP) is 4.14. The molecule has 0 spiro atoms. The zero-order valence-corrected chi connectivity index (χ0v) is 20.8. The van der Waals surface area contributed by atoms with Gasteiger partial charge in [0, 0.05) is 12.5 Å². The molecule has 0 unspecified atom stereocenters. The van der Waals surface area contributed by atoms with E-state index in [1.165, 1.54) is 6.92 Å². The summed E-state index contributed by atoms with van der Waals surface area (Å²) in [6, 6.07) is 17.1. The van der Waals surface area contributed by atoms with Gasteiger partial charge < -0.3 is 28.7 Å². The summed E-state index contributed by atoms with van der Waals surface area (Å²) in [5.74, 6) is -1.58. The van der Waals surface area contributed by atoms with Crippen LogP contribution < -0.4 is 11.1 Å². The second kappa shape index (κ2) is 11.7. The Morgan fingerprint density at radius 3 is 2.22 bits per heavy atom. The van der Waals surface area contributed by atoms with Gasteiger partial charge in [-0.05, 0) is 50.8 Å². The first-order valence-corrected chi connectivity index (χ1v) is 11.6. The summed E-state index contributed by atoms with van der Waals surface area (Å²) >= 11 is 0. The average molecular weight is 498 g/mol. The summed E-state index contributed by atoms with van der Waals surface area (Å²) in [5.41, 5.74) is 2.30. The molecule has 0 fully saturated rings. The molecule has 2 atom stereocenters. The summed E-state index contributed by atoms with van der Waals surface area (Å²) in [5, 5.41) is 13.2. The molecule has 9 nitrogen and oxygen atoms in total. The number of nitrogens with one attached hydrogen (secondary N) is 1. The number of benzene rings is 2. The van der Waals surface area contributed by atoms with Gasteiger partial charge in [-0.25, -0.2) is 14.4 Å². The van der Waals surface area contributed by atoms with E-state index in [2.05, 4.69) is 5.32 Å². The average Bonchev–Trinajstić information content (AvgIpc) is 3.13. The number of hydrogen-bond donors (Lipinski definition) is 2. The van der Waals surface area contributed by atoms with Crippen LogP contribution in [0.1, 0.15) is 44.3 Å². The van der Waals surface area contributed by atoms with E-state index in [0.717, 1.165) is 16.7 Å². The lowest BCUT2D eigenvalue weighted by Gasteiger charge is -2.25. The summed E-state index contributed by atoms with van der Waals surface area (Å²) in [6.45, 7) is 6.36. The fourth-order valence-electron chi connectivity index (χ4n) is 3.52. The van der Waals surface area contributed by atoms with Crippen molar-refractivity contribution in [2.24, 2.45) is 0 Å². The standard InChI is InChI=1S/C27H31NO8/c1-17-23(35-26(32)34-17)16-33-24(30)22(29)15-21(28-25(31)36-27(2,3)4)14-18-10-12-20(13-11-18)19-8-6-5-7-9-19/h5-13,21-22,29H,14-16H2,1-4H3,(H,28,31)/t21-,22-/m1/s1. The van der Waals surface area contributed by atoms with Gasteiger partial charge in [-0.2, -0.15) is 0 Å². The van der Waals surface area contributed by atoms with Gasteiger partial charge in [-0.3, -0.25) is 0 Å². The molecule has 1 heterocycles. The highest BCUT2D eigenvalue weighted by Gasteiger charge is 2.26. The molecule has 3 aromatic rings. The molecule has 0 aliphatic heterocycles. The molecule has 0 saturated carbocycles. The van der Waals surface area contributed by atoms with Crippen LogP contribution in [0.5, 0.6) is 0 Å². The topological polar surface area (TPSA) is 128 Å². The van der Waals surface area contributed by atoms with Crippen LogP contribution in [0.2, 0.25) is 0 Å². The van der Waals surface area contributed by atoms with Crippen molar-refractivity contribution in [3.63, 3.8) is 0 Å². The Bertz CT molecular complexity index is 1210. The Balaban J connectivity index is 1.67. The fourth-order valence-corrected chi connectivity index (χ4v) is 3.52. The highest BCUT2D eigenvalue weighted by Crippen LogP contribution is 2.20. The van der Waals surface area contributed by atoms with Crippen LogP contribution in [0.4, 0.5) is 4.79 Å². The van der Waals surface area contributed by atoms with Crippen molar-refractivity contribution in [2.75, 3.05) is 0 Å². The highest BCUT2D eigenvalue weighted by atomic mass is 16.6. The molecule has 1 aromatic heterocycles. The number of amides is 1. The molecular formula is C27H31NO8. The van der Waals surface area contributed by atoms with Crippen molar-refractivity contribution >= 4 is 12.1 Å². The number of aliphatic hydroxyl groups is 1. The summed E-state index contributed by atoms with van der Waals surface area (Å²) in [6.07, 6.45) is -1.97. The molecule has 0 aliphatic rings. The number of alkyl carbamates (subject to hydrolysis) is 1. The molecule has 36 heavy (non-hydrogen) atoms. The SMILES string of the molecule is Cc1oc(=O)oc1COC(=O)[C@H](O)C[C@@H](Cc1ccc(-c2ccccc2)cc1)NC(=O)OC(C)(C)C. The molecule has 0 aliphatic carbocycles. The maximum Gasteiger partial charge on any atom is 0.519 e. The molecule has 0 radical (unpaired) electrons. The lowest BCUT2D eigenvalue weighted by molar-refractivity contribution is -0.156. The largest absolute Gasteiger partial charge is 0.519 e. The number of ether oxygens (including phenoxy) is 2. The van der Waals surface area contributed by atoms with E-state index in [0.29, 0.717) is 6.42 Å². The van der Waals surface area contributed by atoms with Crippen LogP contribution >= 0.6 is 0 Å². The minimum Gasteiger partial charge on any atom is -0.455 e. The first-order valence-electron chi connectivity index (χ1n) is 11.6. The Morgan fingerprint density at radius 1 is 1.00 bits per heavy atom. The summed E-state index contributed by atoms with van der Waals surface area (Å²) < 4.78 is 19.9. The molecule has 3 rings (SSSR count). The quantitative estimate of drug-likeness (QED) is 0.422. The minimum absolute atomic E-state index is 0.0579. The number of carbonyl (C=O) groups is 2. The maximum atomic E-state index is 12.4. The molecule has 0 saturated heterocycles. The van der Waals surface area contributed by atoms with E-state index in [1.54, 1.807) is 20.8 Å². The molecule has 2 N–H and O–H groups in total. The first kappa shape index (κ1) is 26.7. The second-order valence-corrected chi connectivity index (χ2v) is 9.40. The van der Waals surface area contributed by atoms with Gasteiger partial charge in [-0.1, -0.05) is 54.6 Å². The van der Waals surface area contributed by atoms with Crippen LogP contribution in [0, 0.1) is 6.92 Å². The van der Waals surface area contributed by atoms with E-state index < -0.39 is 35.6 Å². The molecule has 0 bridgehead atoms. The minimum atomic E-state index is -1.53. The van der Waals surface area contributed by atoms with E-state index in [1.807, 2.05) is 54.6 Å². The van der Waals surface area contributed by atoms with Crippen molar-refractivity contribution < 1.29 is 33.0 Å². The van der Waals surface area contributed by atoms with Crippen molar-refractivity contribution in [1.29, 1.82) is 0 Å². The number of aryl methyl sites for hydroxylation is 1. The monoisotopic (exact) mass is 497 g/mol. The lowest BCUT2D eigenvalue weighted by atomic mass is 9.98. The van der Waals surface area contributed by atoms with Gasteiger partial charge in [0.1, 0.15) is 5.60 Å². The molecular weight excluding hydrogens is 466 g/mol. The van der Waals surface area contributed by atoms with E-state index >= 15 is 0 Å². The van der Waals surface area contributed by atoms with Crippen molar-refractivity contribution in [2.45, 2.75) is 64.9 Å². The smallest absolute Gasteiger partial charge is 0.455 e. The van der Waals surface area contributed by atoms with Gasteiger partial charge in [0.2, 0.25) is 0 Å². The third-order valence-electron chi connectivity index (χ3n) is 5.23. The maximum absolute atomic E-state index is 12.4. The number of carbonyl (C=O) groups excluding carboxylic acids is 2. The lowest BCUT2D eigenvalue weighted by Crippen LogP contribution is -2.43. The third kappa shape index (κ3) is 8.13. The summed E-state index contributed by atoms with van der Waals surface area (Å²) in [4.78, 5) is 35.9. The van der Waals surface area contributed by atoms with Gasteiger partial charge in [0.05, 0.1) is 0 Å². The van der Waals surface area contributed by atoms with E-state index in [4.69, 9.17) is 18.3 Å². The number of aliphatic hydroxyl groups excluding tert-OH is 1. The van der Waals surface area contributed by atoms with Gasteiger partial charge in [0.25, 0.3) is 0 Å². The van der Waals surface area contributed by atoms with Crippen molar-refractivity contribution in [3.05, 3.63) is 82.3 Å². The number of rotatable bonds is 9. The van der Waals surface area contributed by atoms with Crippen molar-refractivity contribution in [3.8, 4) is 11.1 Å². The molecule has 9 heteroatoms. The highest BCUT2D eigenvalue weighted by molar-refractivity contribution is 5.74. The predicted molar refractivity (Wildman–Crippen MR) is 131 cm³/mol.